The van der Waals surface area contributed by atoms with E-state index in [0.29, 0.717) is 5.56 Å². The van der Waals surface area contributed by atoms with Gasteiger partial charge in [0.05, 0.1) is 11.5 Å². The predicted molar refractivity (Wildman–Crippen MR) is 82.0 cm³/mol. The number of nitrogens with zero attached hydrogens (tertiary/aromatic N) is 1. The fraction of sp³-hybridized carbons (Fsp3) is 0.600. The van der Waals surface area contributed by atoms with E-state index in [4.69, 9.17) is 0 Å². The zero-order chi connectivity index (χ0) is 15.6. The first-order valence-electron chi connectivity index (χ1n) is 7.36. The van der Waals surface area contributed by atoms with E-state index in [1.165, 1.54) is 6.07 Å². The van der Waals surface area contributed by atoms with Gasteiger partial charge >= 0.3 is 0 Å². The fourth-order valence-electron chi connectivity index (χ4n) is 2.78. The van der Waals surface area contributed by atoms with E-state index in [9.17, 15) is 13.5 Å². The normalized spacial score (nSPS) is 24.2. The molecular weight excluding hydrogens is 288 g/mol. The monoisotopic (exact) mass is 312 g/mol. The molecule has 5 nitrogen and oxygen atoms in total. The summed E-state index contributed by atoms with van der Waals surface area (Å²) in [5, 5.41) is 11.1. The molecule has 6 heteroatoms. The Kier molecular flexibility index (Phi) is 5.03. The summed E-state index contributed by atoms with van der Waals surface area (Å²) in [6, 6.07) is 5.22. The van der Waals surface area contributed by atoms with Crippen molar-refractivity contribution < 1.29 is 13.5 Å². The highest BCUT2D eigenvalue weighted by molar-refractivity contribution is 7.89. The van der Waals surface area contributed by atoms with Crippen molar-refractivity contribution in [2.45, 2.75) is 63.6 Å². The van der Waals surface area contributed by atoms with Crippen molar-refractivity contribution in [2.75, 3.05) is 0 Å². The lowest BCUT2D eigenvalue weighted by atomic mass is 10.0. The Bertz CT molecular complexity index is 591. The number of benzene rings is 1. The van der Waals surface area contributed by atoms with E-state index in [1.54, 1.807) is 12.1 Å². The Hall–Kier alpha value is -0.950. The molecule has 0 aliphatic carbocycles. The number of nitrogens with one attached hydrogen (secondary N) is 1. The molecule has 0 bridgehead atoms. The molecule has 0 radical (unpaired) electrons. The van der Waals surface area contributed by atoms with Crippen LogP contribution in [0.25, 0.3) is 0 Å². The van der Waals surface area contributed by atoms with E-state index in [0.717, 1.165) is 24.8 Å². The molecule has 1 aliphatic heterocycles. The van der Waals surface area contributed by atoms with E-state index in [1.807, 2.05) is 25.8 Å². The van der Waals surface area contributed by atoms with Crippen LogP contribution in [0.5, 0.6) is 0 Å². The maximum absolute atomic E-state index is 12.5. The summed E-state index contributed by atoms with van der Waals surface area (Å²) in [7, 11) is -3.61. The van der Waals surface area contributed by atoms with Gasteiger partial charge in [-0.1, -0.05) is 12.5 Å². The predicted octanol–water partition coefficient (Wildman–Crippen LogP) is 1.94. The zero-order valence-electron chi connectivity index (χ0n) is 12.8. The van der Waals surface area contributed by atoms with Gasteiger partial charge in [0.25, 0.3) is 10.0 Å². The highest BCUT2D eigenvalue weighted by atomic mass is 32.2. The molecule has 0 aromatic heterocycles. The van der Waals surface area contributed by atoms with Crippen LogP contribution in [0.1, 0.15) is 44.2 Å². The average molecular weight is 312 g/mol. The summed E-state index contributed by atoms with van der Waals surface area (Å²) in [4.78, 5) is 2.90. The lowest BCUT2D eigenvalue weighted by molar-refractivity contribution is 0.0790. The number of hydrogen-bond acceptors (Lipinski definition) is 4. The van der Waals surface area contributed by atoms with Crippen LogP contribution in [0.3, 0.4) is 0 Å². The molecule has 1 saturated heterocycles. The third-order valence-corrected chi connectivity index (χ3v) is 5.55. The van der Waals surface area contributed by atoms with Crippen LogP contribution in [0.4, 0.5) is 0 Å². The molecule has 1 heterocycles. The van der Waals surface area contributed by atoms with E-state index >= 15 is 0 Å². The second-order valence-corrected chi connectivity index (χ2v) is 7.54. The molecule has 21 heavy (non-hydrogen) atoms. The number of hydrazine groups is 1. The minimum atomic E-state index is -3.61. The molecule has 1 aliphatic rings. The van der Waals surface area contributed by atoms with Crippen molar-refractivity contribution >= 4 is 10.0 Å². The quantitative estimate of drug-likeness (QED) is 0.891. The van der Waals surface area contributed by atoms with Gasteiger partial charge in [0.2, 0.25) is 0 Å². The number of rotatable bonds is 4. The van der Waals surface area contributed by atoms with Gasteiger partial charge in [-0.15, -0.1) is 4.83 Å². The Morgan fingerprint density at radius 1 is 1.29 bits per heavy atom. The molecule has 0 spiro atoms. The largest absolute Gasteiger partial charge is 0.392 e. The van der Waals surface area contributed by atoms with Crippen molar-refractivity contribution in [3.05, 3.63) is 29.3 Å². The van der Waals surface area contributed by atoms with Crippen LogP contribution >= 0.6 is 0 Å². The first kappa shape index (κ1) is 16.4. The third-order valence-electron chi connectivity index (χ3n) is 4.22. The summed E-state index contributed by atoms with van der Waals surface area (Å²) >= 11 is 0. The molecule has 1 aromatic carbocycles. The summed E-state index contributed by atoms with van der Waals surface area (Å²) in [5.41, 5.74) is 1.52. The molecule has 2 rings (SSSR count). The third kappa shape index (κ3) is 3.63. The zero-order valence-corrected chi connectivity index (χ0v) is 13.7. The molecule has 0 amide bonds. The minimum Gasteiger partial charge on any atom is -0.392 e. The van der Waals surface area contributed by atoms with Crippen LogP contribution in [-0.2, 0) is 16.6 Å². The lowest BCUT2D eigenvalue weighted by Crippen LogP contribution is -2.53. The van der Waals surface area contributed by atoms with Crippen molar-refractivity contribution in [3.8, 4) is 0 Å². The van der Waals surface area contributed by atoms with Crippen molar-refractivity contribution in [3.63, 3.8) is 0 Å². The van der Waals surface area contributed by atoms with Crippen LogP contribution in [0.15, 0.2) is 23.1 Å². The Labute approximate surface area is 127 Å². The van der Waals surface area contributed by atoms with Gasteiger partial charge in [-0.05, 0) is 56.9 Å². The van der Waals surface area contributed by atoms with Gasteiger partial charge in [0.1, 0.15) is 0 Å². The molecule has 0 saturated carbocycles. The molecule has 1 fully saturated rings. The smallest absolute Gasteiger partial charge is 0.253 e. The topological polar surface area (TPSA) is 69.6 Å². The van der Waals surface area contributed by atoms with Gasteiger partial charge in [-0.25, -0.2) is 13.4 Å². The van der Waals surface area contributed by atoms with Gasteiger partial charge in [-0.2, -0.15) is 0 Å². The van der Waals surface area contributed by atoms with E-state index in [-0.39, 0.29) is 23.6 Å². The van der Waals surface area contributed by atoms with Crippen molar-refractivity contribution in [1.29, 1.82) is 0 Å². The summed E-state index contributed by atoms with van der Waals surface area (Å²) in [5.74, 6) is 0. The van der Waals surface area contributed by atoms with Gasteiger partial charge in [0, 0.05) is 12.1 Å². The fourth-order valence-corrected chi connectivity index (χ4v) is 4.07. The Morgan fingerprint density at radius 3 is 2.48 bits per heavy atom. The first-order valence-corrected chi connectivity index (χ1v) is 8.84. The lowest BCUT2D eigenvalue weighted by Gasteiger charge is -2.38. The maximum Gasteiger partial charge on any atom is 0.253 e. The Balaban J connectivity index is 2.25. The highest BCUT2D eigenvalue weighted by Gasteiger charge is 2.29. The van der Waals surface area contributed by atoms with Gasteiger partial charge in [-0.3, -0.25) is 0 Å². The number of sulfonamides is 1. The van der Waals surface area contributed by atoms with Gasteiger partial charge < -0.3 is 5.11 Å². The van der Waals surface area contributed by atoms with Crippen molar-refractivity contribution in [1.82, 2.24) is 9.84 Å². The number of hydrogen-bond donors (Lipinski definition) is 2. The summed E-state index contributed by atoms with van der Waals surface area (Å²) < 4.78 is 25.1. The first-order chi connectivity index (χ1) is 9.85. The number of aliphatic hydroxyl groups is 1. The highest BCUT2D eigenvalue weighted by Crippen LogP contribution is 2.22. The van der Waals surface area contributed by atoms with E-state index in [2.05, 4.69) is 4.83 Å². The number of piperidine rings is 1. The second-order valence-electron chi connectivity index (χ2n) is 5.88. The van der Waals surface area contributed by atoms with Crippen LogP contribution in [0, 0.1) is 6.92 Å². The molecule has 118 valence electrons. The van der Waals surface area contributed by atoms with Crippen LogP contribution in [0.2, 0.25) is 0 Å². The van der Waals surface area contributed by atoms with Crippen LogP contribution < -0.4 is 4.83 Å². The van der Waals surface area contributed by atoms with Crippen LogP contribution in [-0.4, -0.2) is 30.6 Å². The average Bonchev–Trinajstić information content (AvgIpc) is 2.43. The Morgan fingerprint density at radius 2 is 1.90 bits per heavy atom. The van der Waals surface area contributed by atoms with Crippen molar-refractivity contribution in [2.24, 2.45) is 0 Å². The number of aryl methyl sites for hydroxylation is 1. The minimum absolute atomic E-state index is 0.161. The maximum atomic E-state index is 12.5. The summed E-state index contributed by atoms with van der Waals surface area (Å²) in [6.45, 7) is 5.76. The SMILES string of the molecule is Cc1ccc(S(=O)(=O)NN2C(C)CCCC2C)cc1CO. The second kappa shape index (κ2) is 6.44. The van der Waals surface area contributed by atoms with E-state index < -0.39 is 10.0 Å². The molecule has 2 atom stereocenters. The standard InChI is InChI=1S/C15H24N2O3S/c1-11-7-8-15(9-14(11)10-18)21(19,20)16-17-12(2)5-4-6-13(17)3/h7-9,12-13,16,18H,4-6,10H2,1-3H3. The summed E-state index contributed by atoms with van der Waals surface area (Å²) in [6.07, 6.45) is 3.10. The van der Waals surface area contributed by atoms with Gasteiger partial charge in [0.15, 0.2) is 0 Å². The number of aliphatic hydroxyl groups excluding tert-OH is 1. The molecule has 2 N–H and O–H groups in total. The molecular formula is C15H24N2O3S. The molecule has 1 aromatic rings. The molecule has 2 unspecified atom stereocenters.